The molecule has 1 aromatic rings. The van der Waals surface area contributed by atoms with Crippen LogP contribution in [0.5, 0.6) is 0 Å². The van der Waals surface area contributed by atoms with Crippen LogP contribution in [-0.4, -0.2) is 24.2 Å². The Hall–Kier alpha value is -0.930. The summed E-state index contributed by atoms with van der Waals surface area (Å²) in [6.45, 7) is 8.83. The van der Waals surface area contributed by atoms with Gasteiger partial charge in [0.25, 0.3) is 0 Å². The third kappa shape index (κ3) is 5.83. The predicted octanol–water partition coefficient (Wildman–Crippen LogP) is 2.23. The van der Waals surface area contributed by atoms with E-state index in [9.17, 15) is 0 Å². The Balaban J connectivity index is 2.13. The maximum absolute atomic E-state index is 5.56. The van der Waals surface area contributed by atoms with Gasteiger partial charge in [-0.15, -0.1) is 0 Å². The second-order valence-electron chi connectivity index (χ2n) is 4.53. The van der Waals surface area contributed by atoms with Gasteiger partial charge in [-0.2, -0.15) is 0 Å². The summed E-state index contributed by atoms with van der Waals surface area (Å²) in [5, 5.41) is 3.39. The maximum atomic E-state index is 5.56. The fraction of sp³-hybridized carbons (Fsp3) is 0.615. The Kier molecular flexibility index (Phi) is 6.04. The van der Waals surface area contributed by atoms with E-state index in [2.05, 4.69) is 31.1 Å². The minimum Gasteiger partial charge on any atom is -0.380 e. The van der Waals surface area contributed by atoms with Crippen LogP contribution in [-0.2, 0) is 11.3 Å². The highest BCUT2D eigenvalue weighted by Gasteiger charge is 2.02. The monoisotopic (exact) mass is 222 g/mol. The summed E-state index contributed by atoms with van der Waals surface area (Å²) in [6.07, 6.45) is 1.82. The van der Waals surface area contributed by atoms with Crippen molar-refractivity contribution < 1.29 is 4.74 Å². The van der Waals surface area contributed by atoms with Crippen molar-refractivity contribution >= 4 is 0 Å². The van der Waals surface area contributed by atoms with Crippen LogP contribution in [0.1, 0.15) is 26.5 Å². The summed E-state index contributed by atoms with van der Waals surface area (Å²) in [6, 6.07) is 6.32. The fourth-order valence-electron chi connectivity index (χ4n) is 1.32. The summed E-state index contributed by atoms with van der Waals surface area (Å²) >= 11 is 0. The molecule has 0 aromatic carbocycles. The fourth-order valence-corrected chi connectivity index (χ4v) is 1.32. The molecule has 0 fully saturated rings. The van der Waals surface area contributed by atoms with Gasteiger partial charge >= 0.3 is 0 Å². The van der Waals surface area contributed by atoms with Gasteiger partial charge in [-0.25, -0.2) is 0 Å². The highest BCUT2D eigenvalue weighted by Crippen LogP contribution is 1.96. The van der Waals surface area contributed by atoms with E-state index in [1.165, 1.54) is 0 Å². The van der Waals surface area contributed by atoms with Crippen LogP contribution < -0.4 is 5.32 Å². The van der Waals surface area contributed by atoms with Crippen molar-refractivity contribution in [2.45, 2.75) is 33.4 Å². The van der Waals surface area contributed by atoms with Gasteiger partial charge in [-0.05, 0) is 25.0 Å². The third-order valence-corrected chi connectivity index (χ3v) is 2.18. The molecule has 0 bridgehead atoms. The van der Waals surface area contributed by atoms with Gasteiger partial charge in [0, 0.05) is 25.4 Å². The van der Waals surface area contributed by atoms with E-state index >= 15 is 0 Å². The number of ether oxygens (including phenoxy) is 1. The summed E-state index contributed by atoms with van der Waals surface area (Å²) in [5.74, 6) is 0.600. The highest BCUT2D eigenvalue weighted by molar-refractivity contribution is 5.02. The number of pyridine rings is 1. The molecule has 0 aliphatic rings. The van der Waals surface area contributed by atoms with E-state index in [-0.39, 0.29) is 0 Å². The molecule has 1 aromatic heterocycles. The Morgan fingerprint density at radius 1 is 1.25 bits per heavy atom. The minimum atomic E-state index is 0.362. The number of hydrogen-bond acceptors (Lipinski definition) is 3. The molecule has 0 saturated heterocycles. The molecule has 3 heteroatoms. The van der Waals surface area contributed by atoms with E-state index in [4.69, 9.17) is 4.74 Å². The Bertz CT molecular complexity index is 275. The molecule has 1 heterocycles. The Morgan fingerprint density at radius 2 is 2.06 bits per heavy atom. The second-order valence-corrected chi connectivity index (χ2v) is 4.53. The predicted molar refractivity (Wildman–Crippen MR) is 66.2 cm³/mol. The first-order chi connectivity index (χ1) is 7.68. The molecule has 16 heavy (non-hydrogen) atoms. The quantitative estimate of drug-likeness (QED) is 0.768. The largest absolute Gasteiger partial charge is 0.380 e. The first-order valence-corrected chi connectivity index (χ1v) is 5.89. The van der Waals surface area contributed by atoms with Crippen LogP contribution in [0.3, 0.4) is 0 Å². The number of nitrogens with one attached hydrogen (secondary N) is 1. The molecule has 90 valence electrons. The molecular weight excluding hydrogens is 200 g/mol. The van der Waals surface area contributed by atoms with Crippen molar-refractivity contribution in [1.29, 1.82) is 0 Å². The number of aromatic nitrogens is 1. The molecule has 3 nitrogen and oxygen atoms in total. The molecule has 0 spiro atoms. The van der Waals surface area contributed by atoms with Gasteiger partial charge in [-0.1, -0.05) is 19.9 Å². The molecule has 1 unspecified atom stereocenters. The summed E-state index contributed by atoms with van der Waals surface area (Å²) in [4.78, 5) is 4.26. The van der Waals surface area contributed by atoms with Crippen LogP contribution in [0.15, 0.2) is 24.4 Å². The normalized spacial score (nSPS) is 13.0. The number of nitrogens with zero attached hydrogens (tertiary/aromatic N) is 1. The molecule has 0 amide bonds. The van der Waals surface area contributed by atoms with Crippen molar-refractivity contribution in [1.82, 2.24) is 10.3 Å². The van der Waals surface area contributed by atoms with Crippen LogP contribution in [0.2, 0.25) is 0 Å². The lowest BCUT2D eigenvalue weighted by molar-refractivity contribution is 0.0934. The minimum absolute atomic E-state index is 0.362. The second kappa shape index (κ2) is 7.36. The zero-order valence-electron chi connectivity index (χ0n) is 10.4. The smallest absolute Gasteiger partial charge is 0.0617 e. The van der Waals surface area contributed by atoms with Crippen molar-refractivity contribution in [3.05, 3.63) is 30.1 Å². The molecule has 0 aliphatic carbocycles. The topological polar surface area (TPSA) is 34.1 Å². The van der Waals surface area contributed by atoms with Gasteiger partial charge < -0.3 is 10.1 Å². The van der Waals surface area contributed by atoms with E-state index in [1.54, 1.807) is 0 Å². The van der Waals surface area contributed by atoms with Crippen molar-refractivity contribution in [2.75, 3.05) is 13.2 Å². The molecule has 1 rings (SSSR count). The van der Waals surface area contributed by atoms with E-state index in [0.717, 1.165) is 25.5 Å². The molecule has 0 radical (unpaired) electrons. The Labute approximate surface area is 98.2 Å². The van der Waals surface area contributed by atoms with Crippen molar-refractivity contribution in [3.8, 4) is 0 Å². The van der Waals surface area contributed by atoms with Crippen LogP contribution in [0.25, 0.3) is 0 Å². The zero-order valence-corrected chi connectivity index (χ0v) is 10.4. The van der Waals surface area contributed by atoms with Crippen LogP contribution >= 0.6 is 0 Å². The van der Waals surface area contributed by atoms with Crippen molar-refractivity contribution in [2.24, 2.45) is 5.92 Å². The average Bonchev–Trinajstić information content (AvgIpc) is 2.27. The lowest BCUT2D eigenvalue weighted by Crippen LogP contribution is -2.30. The highest BCUT2D eigenvalue weighted by atomic mass is 16.5. The number of rotatable bonds is 7. The molecular formula is C13H22N2O. The van der Waals surface area contributed by atoms with E-state index in [0.29, 0.717) is 12.0 Å². The van der Waals surface area contributed by atoms with Crippen LogP contribution in [0.4, 0.5) is 0 Å². The third-order valence-electron chi connectivity index (χ3n) is 2.18. The van der Waals surface area contributed by atoms with E-state index < -0.39 is 0 Å². The zero-order chi connectivity index (χ0) is 11.8. The first kappa shape index (κ1) is 13.1. The SMILES string of the molecule is CC(C)COCC(C)NCc1ccccn1. The molecule has 0 saturated carbocycles. The van der Waals surface area contributed by atoms with Crippen molar-refractivity contribution in [3.63, 3.8) is 0 Å². The van der Waals surface area contributed by atoms with Gasteiger partial charge in [0.2, 0.25) is 0 Å². The summed E-state index contributed by atoms with van der Waals surface area (Å²) < 4.78 is 5.56. The molecule has 1 atom stereocenters. The molecule has 0 aliphatic heterocycles. The molecule has 1 N–H and O–H groups in total. The lowest BCUT2D eigenvalue weighted by Gasteiger charge is -2.14. The van der Waals surface area contributed by atoms with Gasteiger partial charge in [-0.3, -0.25) is 4.98 Å². The van der Waals surface area contributed by atoms with Gasteiger partial charge in [0.05, 0.1) is 12.3 Å². The van der Waals surface area contributed by atoms with Crippen LogP contribution in [0, 0.1) is 5.92 Å². The van der Waals surface area contributed by atoms with Gasteiger partial charge in [0.15, 0.2) is 0 Å². The first-order valence-electron chi connectivity index (χ1n) is 5.89. The average molecular weight is 222 g/mol. The standard InChI is InChI=1S/C13H22N2O/c1-11(2)9-16-10-12(3)15-8-13-6-4-5-7-14-13/h4-7,11-12,15H,8-10H2,1-3H3. The number of hydrogen-bond donors (Lipinski definition) is 1. The Morgan fingerprint density at radius 3 is 2.69 bits per heavy atom. The lowest BCUT2D eigenvalue weighted by atomic mass is 10.2. The summed E-state index contributed by atoms with van der Waals surface area (Å²) in [7, 11) is 0. The van der Waals surface area contributed by atoms with Gasteiger partial charge in [0.1, 0.15) is 0 Å². The van der Waals surface area contributed by atoms with E-state index in [1.807, 2.05) is 24.4 Å². The summed E-state index contributed by atoms with van der Waals surface area (Å²) in [5.41, 5.74) is 1.07. The maximum Gasteiger partial charge on any atom is 0.0617 e.